The second kappa shape index (κ2) is 5.79. The predicted molar refractivity (Wildman–Crippen MR) is 87.4 cm³/mol. The summed E-state index contributed by atoms with van der Waals surface area (Å²) in [6, 6.07) is 4.92. The van der Waals surface area contributed by atoms with E-state index < -0.39 is 11.9 Å². The number of fused-ring (bicyclic) bond motifs is 5. The van der Waals surface area contributed by atoms with Crippen molar-refractivity contribution >= 4 is 17.7 Å². The van der Waals surface area contributed by atoms with Crippen molar-refractivity contribution in [2.24, 2.45) is 23.7 Å². The Morgan fingerprint density at radius 1 is 1.16 bits per heavy atom. The van der Waals surface area contributed by atoms with E-state index in [0.717, 1.165) is 6.42 Å². The third-order valence-electron chi connectivity index (χ3n) is 5.73. The van der Waals surface area contributed by atoms with Crippen LogP contribution in [0.15, 0.2) is 36.4 Å². The van der Waals surface area contributed by atoms with Gasteiger partial charge in [-0.05, 0) is 36.0 Å². The molecule has 3 amide bonds. The maximum absolute atomic E-state index is 13.3. The summed E-state index contributed by atoms with van der Waals surface area (Å²) in [6.45, 7) is 0. The van der Waals surface area contributed by atoms with Crippen LogP contribution in [0.2, 0.25) is 0 Å². The molecule has 1 aromatic carbocycles. The molecule has 130 valence electrons. The molecule has 0 spiro atoms. The number of allylic oxidation sites excluding steroid dienone is 2. The van der Waals surface area contributed by atoms with Crippen molar-refractivity contribution < 1.29 is 18.8 Å². The van der Waals surface area contributed by atoms with E-state index >= 15 is 0 Å². The molecule has 3 aliphatic rings. The molecule has 0 aromatic heterocycles. The zero-order chi connectivity index (χ0) is 17.7. The lowest BCUT2D eigenvalue weighted by atomic mass is 9.85. The number of halogens is 1. The summed E-state index contributed by atoms with van der Waals surface area (Å²) in [4.78, 5) is 39.2. The van der Waals surface area contributed by atoms with Gasteiger partial charge in [0.2, 0.25) is 17.7 Å². The minimum atomic E-state index is -0.703. The van der Waals surface area contributed by atoms with Crippen LogP contribution in [0.4, 0.5) is 4.39 Å². The van der Waals surface area contributed by atoms with Gasteiger partial charge in [0.05, 0.1) is 24.3 Å². The highest BCUT2D eigenvalue weighted by Gasteiger charge is 2.60. The fraction of sp³-hybridized carbons (Fsp3) is 0.421. The molecule has 2 bridgehead atoms. The average Bonchev–Trinajstić information content (AvgIpc) is 3.28. The lowest BCUT2D eigenvalue weighted by Crippen LogP contribution is -2.39. The summed E-state index contributed by atoms with van der Waals surface area (Å²) in [5.41, 5.74) is 0.590. The van der Waals surface area contributed by atoms with E-state index in [4.69, 9.17) is 0 Å². The Morgan fingerprint density at radius 3 is 2.24 bits per heavy atom. The van der Waals surface area contributed by atoms with Crippen LogP contribution in [-0.2, 0) is 14.4 Å². The minimum absolute atomic E-state index is 0.0260. The first-order valence-corrected chi connectivity index (χ1v) is 8.52. The molecular weight excluding hydrogens is 323 g/mol. The molecule has 5 nitrogen and oxygen atoms in total. The number of hydrogen-bond donors (Lipinski definition) is 1. The summed E-state index contributed by atoms with van der Waals surface area (Å²) in [6.07, 6.45) is 4.90. The average molecular weight is 342 g/mol. The second-order valence-corrected chi connectivity index (χ2v) is 6.99. The summed E-state index contributed by atoms with van der Waals surface area (Å²) >= 11 is 0. The van der Waals surface area contributed by atoms with Crippen molar-refractivity contribution in [1.29, 1.82) is 0 Å². The van der Waals surface area contributed by atoms with Crippen LogP contribution < -0.4 is 5.32 Å². The zero-order valence-corrected chi connectivity index (χ0v) is 13.8. The second-order valence-electron chi connectivity index (χ2n) is 6.99. The molecule has 25 heavy (non-hydrogen) atoms. The first-order valence-electron chi connectivity index (χ1n) is 8.52. The fourth-order valence-electron chi connectivity index (χ4n) is 4.55. The van der Waals surface area contributed by atoms with Crippen LogP contribution in [-0.4, -0.2) is 29.7 Å². The van der Waals surface area contributed by atoms with Gasteiger partial charge in [-0.1, -0.05) is 24.3 Å². The van der Waals surface area contributed by atoms with Crippen LogP contribution in [0, 0.1) is 29.5 Å². The van der Waals surface area contributed by atoms with Gasteiger partial charge >= 0.3 is 0 Å². The summed E-state index contributed by atoms with van der Waals surface area (Å²) in [5, 5.41) is 2.54. The fourth-order valence-corrected chi connectivity index (χ4v) is 4.55. The van der Waals surface area contributed by atoms with Gasteiger partial charge in [-0.2, -0.15) is 0 Å². The number of nitrogens with zero attached hydrogens (tertiary/aromatic N) is 1. The van der Waals surface area contributed by atoms with Gasteiger partial charge in [0.25, 0.3) is 0 Å². The number of amides is 3. The smallest absolute Gasteiger partial charge is 0.234 e. The first-order chi connectivity index (χ1) is 12.0. The highest BCUT2D eigenvalue weighted by atomic mass is 19.1. The molecule has 0 radical (unpaired) electrons. The SMILES string of the molecule is CNC(=O)CC(c1ccc(F)cc1)N1C(=O)C2C3C=CC(C3)C2C1=O. The van der Waals surface area contributed by atoms with Gasteiger partial charge in [-0.15, -0.1) is 0 Å². The topological polar surface area (TPSA) is 66.5 Å². The molecule has 1 saturated carbocycles. The van der Waals surface area contributed by atoms with Crippen molar-refractivity contribution in [3.63, 3.8) is 0 Å². The Hall–Kier alpha value is -2.50. The van der Waals surface area contributed by atoms with Crippen LogP contribution in [0.5, 0.6) is 0 Å². The van der Waals surface area contributed by atoms with Gasteiger partial charge in [0.1, 0.15) is 5.82 Å². The van der Waals surface area contributed by atoms with Gasteiger partial charge in [-0.3, -0.25) is 19.3 Å². The molecule has 1 N–H and O–H groups in total. The molecule has 1 aromatic rings. The van der Waals surface area contributed by atoms with Crippen molar-refractivity contribution in [3.05, 3.63) is 47.8 Å². The quantitative estimate of drug-likeness (QED) is 0.670. The van der Waals surface area contributed by atoms with Crippen molar-refractivity contribution in [3.8, 4) is 0 Å². The molecule has 2 aliphatic carbocycles. The summed E-state index contributed by atoms with van der Waals surface area (Å²) in [7, 11) is 1.51. The molecular formula is C19H19FN2O3. The Kier molecular flexibility index (Phi) is 3.71. The molecule has 5 atom stereocenters. The number of carbonyl (C=O) groups excluding carboxylic acids is 3. The number of imide groups is 1. The lowest BCUT2D eigenvalue weighted by molar-refractivity contribution is -0.144. The van der Waals surface area contributed by atoms with E-state index in [1.807, 2.05) is 12.2 Å². The van der Waals surface area contributed by atoms with E-state index in [-0.39, 0.29) is 47.8 Å². The van der Waals surface area contributed by atoms with Crippen LogP contribution in [0.1, 0.15) is 24.4 Å². The molecule has 4 rings (SSSR count). The summed E-state index contributed by atoms with van der Waals surface area (Å²) < 4.78 is 13.3. The maximum Gasteiger partial charge on any atom is 0.234 e. The minimum Gasteiger partial charge on any atom is -0.359 e. The monoisotopic (exact) mass is 342 g/mol. The number of likely N-dealkylation sites (tertiary alicyclic amines) is 1. The molecule has 1 saturated heterocycles. The molecule has 1 heterocycles. The maximum atomic E-state index is 13.3. The van der Waals surface area contributed by atoms with Gasteiger partial charge in [0, 0.05) is 7.05 Å². The van der Waals surface area contributed by atoms with Gasteiger partial charge in [0.15, 0.2) is 0 Å². The van der Waals surface area contributed by atoms with Gasteiger partial charge in [-0.25, -0.2) is 4.39 Å². The van der Waals surface area contributed by atoms with Crippen molar-refractivity contribution in [1.82, 2.24) is 10.2 Å². The zero-order valence-electron chi connectivity index (χ0n) is 13.8. The Bertz CT molecular complexity index is 743. The standard InChI is InChI=1S/C19H19FN2O3/c1-21-15(23)9-14(10-4-6-13(20)7-5-10)22-18(24)16-11-2-3-12(8-11)17(16)19(22)25/h2-7,11-12,14,16-17H,8-9H2,1H3,(H,21,23). The first kappa shape index (κ1) is 16.0. The van der Waals surface area contributed by atoms with Crippen LogP contribution >= 0.6 is 0 Å². The van der Waals surface area contributed by atoms with Crippen LogP contribution in [0.25, 0.3) is 0 Å². The Labute approximate surface area is 144 Å². The predicted octanol–water partition coefficient (Wildman–Crippen LogP) is 1.81. The highest BCUT2D eigenvalue weighted by molar-refractivity contribution is 6.07. The molecule has 6 heteroatoms. The number of nitrogens with one attached hydrogen (secondary N) is 1. The Balaban J connectivity index is 1.70. The van der Waals surface area contributed by atoms with E-state index in [1.165, 1.54) is 36.2 Å². The number of rotatable bonds is 4. The number of hydrogen-bond acceptors (Lipinski definition) is 3. The van der Waals surface area contributed by atoms with E-state index in [9.17, 15) is 18.8 Å². The number of carbonyl (C=O) groups is 3. The van der Waals surface area contributed by atoms with E-state index in [2.05, 4.69) is 5.32 Å². The number of benzene rings is 1. The van der Waals surface area contributed by atoms with Crippen LogP contribution in [0.3, 0.4) is 0 Å². The van der Waals surface area contributed by atoms with Gasteiger partial charge < -0.3 is 5.32 Å². The van der Waals surface area contributed by atoms with Crippen molar-refractivity contribution in [2.45, 2.75) is 18.9 Å². The van der Waals surface area contributed by atoms with Crippen molar-refractivity contribution in [2.75, 3.05) is 7.05 Å². The third kappa shape index (κ3) is 2.39. The van der Waals surface area contributed by atoms with E-state index in [1.54, 1.807) is 0 Å². The molecule has 1 aliphatic heterocycles. The molecule has 2 fully saturated rings. The third-order valence-corrected chi connectivity index (χ3v) is 5.73. The normalized spacial score (nSPS) is 30.7. The lowest BCUT2D eigenvalue weighted by Gasteiger charge is -2.27. The Morgan fingerprint density at radius 2 is 1.72 bits per heavy atom. The molecule has 5 unspecified atom stereocenters. The summed E-state index contributed by atoms with van der Waals surface area (Å²) in [5.74, 6) is -1.47. The highest BCUT2D eigenvalue weighted by Crippen LogP contribution is 2.54. The largest absolute Gasteiger partial charge is 0.359 e. The van der Waals surface area contributed by atoms with E-state index in [0.29, 0.717) is 5.56 Å².